The number of hydrogen-bond donors (Lipinski definition) is 1. The highest BCUT2D eigenvalue weighted by Gasteiger charge is 2.27. The van der Waals surface area contributed by atoms with Gasteiger partial charge in [0.2, 0.25) is 0 Å². The van der Waals surface area contributed by atoms with E-state index in [0.29, 0.717) is 6.42 Å². The second kappa shape index (κ2) is 7.09. The van der Waals surface area contributed by atoms with Crippen molar-refractivity contribution in [1.82, 2.24) is 14.7 Å². The van der Waals surface area contributed by atoms with Crippen LogP contribution in [0.5, 0.6) is 0 Å². The third-order valence-corrected chi connectivity index (χ3v) is 2.61. The maximum Gasteiger partial charge on any atom is 0.390 e. The number of nitrogens with zero attached hydrogens (tertiary/aromatic N) is 3. The molecule has 1 aromatic heterocycles. The molecule has 0 saturated carbocycles. The Kier molecular flexibility index (Phi) is 5.74. The number of aryl methyl sites for hydroxylation is 1. The van der Waals surface area contributed by atoms with Gasteiger partial charge in [0, 0.05) is 19.3 Å². The molecule has 1 rings (SSSR count). The maximum atomic E-state index is 12.1. The number of rotatable bonds is 7. The number of carboxylic acid groups (broad SMARTS) is 1. The molecule has 1 N–H and O–H groups in total. The first-order valence-corrected chi connectivity index (χ1v) is 6.33. The molecule has 21 heavy (non-hydrogen) atoms. The number of aromatic nitrogens is 2. The van der Waals surface area contributed by atoms with E-state index < -0.39 is 31.0 Å². The molecule has 0 bridgehead atoms. The average Bonchev–Trinajstić information content (AvgIpc) is 2.82. The Morgan fingerprint density at radius 3 is 2.62 bits per heavy atom. The van der Waals surface area contributed by atoms with E-state index in [2.05, 4.69) is 5.10 Å². The number of amides is 1. The summed E-state index contributed by atoms with van der Waals surface area (Å²) in [6.45, 7) is 1.19. The summed E-state index contributed by atoms with van der Waals surface area (Å²) in [5, 5.41) is 12.4. The van der Waals surface area contributed by atoms with Crippen molar-refractivity contribution >= 4 is 11.9 Å². The molecule has 9 heteroatoms. The lowest BCUT2D eigenvalue weighted by Gasteiger charge is -2.18. The molecule has 0 aliphatic rings. The third kappa shape index (κ3) is 5.84. The van der Waals surface area contributed by atoms with Crippen molar-refractivity contribution in [3.05, 3.63) is 18.0 Å². The number of alkyl halides is 3. The van der Waals surface area contributed by atoms with Crippen LogP contribution in [0.15, 0.2) is 12.4 Å². The summed E-state index contributed by atoms with van der Waals surface area (Å²) >= 11 is 0. The van der Waals surface area contributed by atoms with Crippen molar-refractivity contribution in [2.45, 2.75) is 32.5 Å². The van der Waals surface area contributed by atoms with Crippen molar-refractivity contribution in [2.75, 3.05) is 13.1 Å². The first kappa shape index (κ1) is 17.0. The number of halogens is 3. The lowest BCUT2D eigenvalue weighted by molar-refractivity contribution is -0.138. The summed E-state index contributed by atoms with van der Waals surface area (Å²) in [6.07, 6.45) is -2.44. The first-order chi connectivity index (χ1) is 9.73. The van der Waals surface area contributed by atoms with Gasteiger partial charge in [-0.2, -0.15) is 18.3 Å². The van der Waals surface area contributed by atoms with Crippen molar-refractivity contribution in [1.29, 1.82) is 0 Å². The Labute approximate surface area is 119 Å². The van der Waals surface area contributed by atoms with Crippen LogP contribution in [-0.4, -0.2) is 50.9 Å². The van der Waals surface area contributed by atoms with Gasteiger partial charge < -0.3 is 10.0 Å². The lowest BCUT2D eigenvalue weighted by atomic mass is 10.3. The van der Waals surface area contributed by atoms with Gasteiger partial charge in [-0.1, -0.05) is 6.92 Å². The largest absolute Gasteiger partial charge is 0.480 e. The molecule has 6 nitrogen and oxygen atoms in total. The highest BCUT2D eigenvalue weighted by Crippen LogP contribution is 2.20. The normalized spacial score (nSPS) is 11.4. The van der Waals surface area contributed by atoms with Crippen molar-refractivity contribution in [3.63, 3.8) is 0 Å². The fourth-order valence-electron chi connectivity index (χ4n) is 1.71. The molecule has 0 spiro atoms. The molecule has 0 aromatic carbocycles. The summed E-state index contributed by atoms with van der Waals surface area (Å²) in [5.41, 5.74) is 0.0758. The van der Waals surface area contributed by atoms with Crippen LogP contribution < -0.4 is 0 Å². The molecule has 1 heterocycles. The lowest BCUT2D eigenvalue weighted by Crippen LogP contribution is -2.36. The smallest absolute Gasteiger partial charge is 0.390 e. The molecule has 0 aliphatic carbocycles. The monoisotopic (exact) mass is 307 g/mol. The van der Waals surface area contributed by atoms with Gasteiger partial charge in [-0.05, 0) is 6.42 Å². The van der Waals surface area contributed by atoms with Crippen LogP contribution in [0.4, 0.5) is 13.2 Å². The minimum absolute atomic E-state index is 0.0758. The average molecular weight is 307 g/mol. The van der Waals surface area contributed by atoms with Gasteiger partial charge in [0.25, 0.3) is 5.91 Å². The Bertz CT molecular complexity index is 499. The van der Waals surface area contributed by atoms with E-state index >= 15 is 0 Å². The summed E-state index contributed by atoms with van der Waals surface area (Å²) in [7, 11) is 0. The van der Waals surface area contributed by atoms with Crippen LogP contribution in [-0.2, 0) is 11.3 Å². The highest BCUT2D eigenvalue weighted by molar-refractivity contribution is 5.95. The highest BCUT2D eigenvalue weighted by atomic mass is 19.4. The van der Waals surface area contributed by atoms with Crippen LogP contribution in [0.1, 0.15) is 30.1 Å². The number of hydrogen-bond acceptors (Lipinski definition) is 3. The van der Waals surface area contributed by atoms with E-state index in [1.54, 1.807) is 6.92 Å². The van der Waals surface area contributed by atoms with E-state index in [1.165, 1.54) is 6.20 Å². The van der Waals surface area contributed by atoms with E-state index in [9.17, 15) is 22.8 Å². The molecule has 0 saturated heterocycles. The molecule has 1 amide bonds. The first-order valence-electron chi connectivity index (χ1n) is 6.33. The number of carboxylic acids is 1. The van der Waals surface area contributed by atoms with Gasteiger partial charge in [-0.25, -0.2) is 0 Å². The fourth-order valence-corrected chi connectivity index (χ4v) is 1.71. The SMILES string of the molecule is CCCN(CC(=O)O)C(=O)c1cnn(CCC(F)(F)F)c1. The van der Waals surface area contributed by atoms with Gasteiger partial charge in [-0.15, -0.1) is 0 Å². The number of carbonyl (C=O) groups is 2. The van der Waals surface area contributed by atoms with Gasteiger partial charge in [0.15, 0.2) is 0 Å². The summed E-state index contributed by atoms with van der Waals surface area (Å²) in [5.74, 6) is -1.71. The van der Waals surface area contributed by atoms with E-state index in [-0.39, 0.29) is 18.7 Å². The Hall–Kier alpha value is -2.06. The standard InChI is InChI=1S/C12H16F3N3O3/c1-2-4-17(8-10(19)20)11(21)9-6-16-18(7-9)5-3-12(13,14)15/h6-7H,2-5,8H2,1H3,(H,19,20). The van der Waals surface area contributed by atoms with E-state index in [4.69, 9.17) is 5.11 Å². The molecular formula is C12H16F3N3O3. The minimum Gasteiger partial charge on any atom is -0.480 e. The Balaban J connectivity index is 2.73. The van der Waals surface area contributed by atoms with Gasteiger partial charge in [0.1, 0.15) is 6.54 Å². The molecule has 0 aliphatic heterocycles. The van der Waals surface area contributed by atoms with Crippen molar-refractivity contribution < 1.29 is 27.9 Å². The number of carbonyl (C=O) groups excluding carboxylic acids is 1. The van der Waals surface area contributed by atoms with Crippen molar-refractivity contribution in [2.24, 2.45) is 0 Å². The fraction of sp³-hybridized carbons (Fsp3) is 0.583. The van der Waals surface area contributed by atoms with Gasteiger partial charge >= 0.3 is 12.1 Å². The van der Waals surface area contributed by atoms with Crippen LogP contribution in [0.2, 0.25) is 0 Å². The predicted octanol–water partition coefficient (Wildman–Crippen LogP) is 1.77. The van der Waals surface area contributed by atoms with Gasteiger partial charge in [0.05, 0.1) is 18.2 Å². The zero-order valence-electron chi connectivity index (χ0n) is 11.4. The topological polar surface area (TPSA) is 75.4 Å². The van der Waals surface area contributed by atoms with Gasteiger partial charge in [-0.3, -0.25) is 14.3 Å². The maximum absolute atomic E-state index is 12.1. The molecule has 1 aromatic rings. The summed E-state index contributed by atoms with van der Waals surface area (Å²) in [4.78, 5) is 23.9. The van der Waals surface area contributed by atoms with E-state index in [1.807, 2.05) is 0 Å². The van der Waals surface area contributed by atoms with Crippen LogP contribution in [0.25, 0.3) is 0 Å². The van der Waals surface area contributed by atoms with Crippen LogP contribution in [0, 0.1) is 0 Å². The molecule has 0 atom stereocenters. The van der Waals surface area contributed by atoms with Crippen LogP contribution in [0.3, 0.4) is 0 Å². The third-order valence-electron chi connectivity index (χ3n) is 2.61. The van der Waals surface area contributed by atoms with Crippen LogP contribution >= 0.6 is 0 Å². The minimum atomic E-state index is -4.30. The second-order valence-electron chi connectivity index (χ2n) is 4.48. The zero-order chi connectivity index (χ0) is 16.0. The summed E-state index contributed by atoms with van der Waals surface area (Å²) in [6, 6.07) is 0. The molecule has 0 radical (unpaired) electrons. The second-order valence-corrected chi connectivity index (χ2v) is 4.48. The van der Waals surface area contributed by atoms with Crippen molar-refractivity contribution in [3.8, 4) is 0 Å². The predicted molar refractivity (Wildman–Crippen MR) is 66.7 cm³/mol. The Morgan fingerprint density at radius 1 is 1.43 bits per heavy atom. The quantitative estimate of drug-likeness (QED) is 0.833. The molecule has 0 unspecified atom stereocenters. The molecule has 0 fully saturated rings. The zero-order valence-corrected chi connectivity index (χ0v) is 11.4. The Morgan fingerprint density at radius 2 is 2.10 bits per heavy atom. The number of aliphatic carboxylic acids is 1. The van der Waals surface area contributed by atoms with E-state index in [0.717, 1.165) is 15.8 Å². The molecule has 118 valence electrons. The molecular weight excluding hydrogens is 291 g/mol. The summed E-state index contributed by atoms with van der Waals surface area (Å²) < 4.78 is 37.3.